The van der Waals surface area contributed by atoms with Crippen molar-refractivity contribution in [2.24, 2.45) is 0 Å². The van der Waals surface area contributed by atoms with E-state index in [1.54, 1.807) is 0 Å². The minimum absolute atomic E-state index is 0.246. The van der Waals surface area contributed by atoms with E-state index in [9.17, 15) is 4.79 Å². The third kappa shape index (κ3) is 3.04. The van der Waals surface area contributed by atoms with Crippen LogP contribution in [0.15, 0.2) is 17.2 Å². The number of H-pyrrole nitrogens is 2. The van der Waals surface area contributed by atoms with Gasteiger partial charge in [0, 0.05) is 25.1 Å². The molecule has 1 fully saturated rings. The van der Waals surface area contributed by atoms with Gasteiger partial charge >= 0.3 is 5.69 Å². The number of anilines is 1. The van der Waals surface area contributed by atoms with Crippen molar-refractivity contribution >= 4 is 5.82 Å². The Kier molecular flexibility index (Phi) is 3.85. The Balaban J connectivity index is 1.65. The minimum atomic E-state index is -0.246. The Bertz CT molecular complexity index is 644. The van der Waals surface area contributed by atoms with Gasteiger partial charge in [0.05, 0.1) is 6.61 Å². The Morgan fingerprint density at radius 1 is 1.38 bits per heavy atom. The number of piperidine rings is 1. The maximum absolute atomic E-state index is 11.1. The standard InChI is InChI=1S/C13H18N6O2/c1-2-21-11-7-10(14-8-15-11)19-5-3-9(4-6-19)12-16-13(20)18-17-12/h7-9H,2-6H2,1H3,(H2,16,17,18,20). The number of nitrogens with one attached hydrogen (secondary N) is 2. The number of rotatable bonds is 4. The molecule has 3 heterocycles. The molecule has 8 heteroatoms. The molecule has 0 spiro atoms. The summed E-state index contributed by atoms with van der Waals surface area (Å²) in [5, 5.41) is 6.44. The maximum Gasteiger partial charge on any atom is 0.340 e. The van der Waals surface area contributed by atoms with Crippen LogP contribution in [0.3, 0.4) is 0 Å². The average molecular weight is 290 g/mol. The van der Waals surface area contributed by atoms with Crippen LogP contribution in [0.4, 0.5) is 5.82 Å². The molecule has 1 aliphatic heterocycles. The Labute approximate surface area is 121 Å². The summed E-state index contributed by atoms with van der Waals surface area (Å²) < 4.78 is 5.40. The zero-order chi connectivity index (χ0) is 14.7. The van der Waals surface area contributed by atoms with Gasteiger partial charge in [-0.1, -0.05) is 0 Å². The summed E-state index contributed by atoms with van der Waals surface area (Å²) in [6, 6.07) is 1.86. The lowest BCUT2D eigenvalue weighted by Crippen LogP contribution is -2.33. The van der Waals surface area contributed by atoms with Crippen LogP contribution in [0.25, 0.3) is 0 Å². The van der Waals surface area contributed by atoms with Crippen molar-refractivity contribution in [2.75, 3.05) is 24.6 Å². The molecule has 0 saturated carbocycles. The predicted molar refractivity (Wildman–Crippen MR) is 76.6 cm³/mol. The minimum Gasteiger partial charge on any atom is -0.478 e. The molecule has 2 N–H and O–H groups in total. The summed E-state index contributed by atoms with van der Waals surface area (Å²) in [5.41, 5.74) is -0.246. The van der Waals surface area contributed by atoms with E-state index in [2.05, 4.69) is 30.0 Å². The fourth-order valence-corrected chi connectivity index (χ4v) is 2.59. The van der Waals surface area contributed by atoms with E-state index in [0.29, 0.717) is 12.5 Å². The highest BCUT2D eigenvalue weighted by Crippen LogP contribution is 2.27. The maximum atomic E-state index is 11.1. The zero-order valence-electron chi connectivity index (χ0n) is 11.9. The summed E-state index contributed by atoms with van der Waals surface area (Å²) in [6.07, 6.45) is 3.38. The summed E-state index contributed by atoms with van der Waals surface area (Å²) >= 11 is 0. The summed E-state index contributed by atoms with van der Waals surface area (Å²) in [4.78, 5) is 24.4. The quantitative estimate of drug-likeness (QED) is 0.858. The predicted octanol–water partition coefficient (Wildman–Crippen LogP) is 0.671. The van der Waals surface area contributed by atoms with Crippen LogP contribution in [-0.2, 0) is 0 Å². The Morgan fingerprint density at radius 3 is 2.86 bits per heavy atom. The first-order chi connectivity index (χ1) is 10.3. The van der Waals surface area contributed by atoms with Crippen molar-refractivity contribution in [1.29, 1.82) is 0 Å². The zero-order valence-corrected chi connectivity index (χ0v) is 11.9. The van der Waals surface area contributed by atoms with Crippen molar-refractivity contribution in [3.05, 3.63) is 28.7 Å². The molecule has 0 radical (unpaired) electrons. The second kappa shape index (κ2) is 5.94. The molecule has 0 aliphatic carbocycles. The lowest BCUT2D eigenvalue weighted by atomic mass is 9.96. The van der Waals surface area contributed by atoms with Crippen LogP contribution >= 0.6 is 0 Å². The number of ether oxygens (including phenoxy) is 1. The van der Waals surface area contributed by atoms with Crippen molar-refractivity contribution in [1.82, 2.24) is 25.1 Å². The van der Waals surface area contributed by atoms with E-state index in [1.165, 1.54) is 6.33 Å². The van der Waals surface area contributed by atoms with Gasteiger partial charge in [-0.3, -0.25) is 4.98 Å². The fourth-order valence-electron chi connectivity index (χ4n) is 2.59. The molecular formula is C13H18N6O2. The first kappa shape index (κ1) is 13.6. The summed E-state index contributed by atoms with van der Waals surface area (Å²) in [6.45, 7) is 4.24. The lowest BCUT2D eigenvalue weighted by Gasteiger charge is -2.31. The molecule has 0 bridgehead atoms. The van der Waals surface area contributed by atoms with Crippen molar-refractivity contribution < 1.29 is 4.74 Å². The highest BCUT2D eigenvalue weighted by molar-refractivity contribution is 5.41. The molecule has 2 aromatic rings. The van der Waals surface area contributed by atoms with Gasteiger partial charge in [0.2, 0.25) is 5.88 Å². The monoisotopic (exact) mass is 290 g/mol. The van der Waals surface area contributed by atoms with Crippen molar-refractivity contribution in [2.45, 2.75) is 25.7 Å². The van der Waals surface area contributed by atoms with Gasteiger partial charge in [-0.05, 0) is 19.8 Å². The number of aromatic amines is 2. The molecular weight excluding hydrogens is 272 g/mol. The average Bonchev–Trinajstić information content (AvgIpc) is 2.95. The van der Waals surface area contributed by atoms with Crippen LogP contribution in [-0.4, -0.2) is 44.8 Å². The van der Waals surface area contributed by atoms with E-state index in [-0.39, 0.29) is 11.6 Å². The van der Waals surface area contributed by atoms with E-state index in [4.69, 9.17) is 4.74 Å². The molecule has 0 unspecified atom stereocenters. The van der Waals surface area contributed by atoms with Crippen LogP contribution in [0.5, 0.6) is 5.88 Å². The van der Waals surface area contributed by atoms with Gasteiger partial charge in [-0.15, -0.1) is 0 Å². The highest BCUT2D eigenvalue weighted by atomic mass is 16.5. The van der Waals surface area contributed by atoms with Crippen molar-refractivity contribution in [3.63, 3.8) is 0 Å². The lowest BCUT2D eigenvalue weighted by molar-refractivity contribution is 0.326. The summed E-state index contributed by atoms with van der Waals surface area (Å²) in [5.74, 6) is 2.51. The topological polar surface area (TPSA) is 99.8 Å². The van der Waals surface area contributed by atoms with Gasteiger partial charge in [-0.25, -0.2) is 19.9 Å². The van der Waals surface area contributed by atoms with Gasteiger partial charge in [0.25, 0.3) is 0 Å². The van der Waals surface area contributed by atoms with E-state index in [0.717, 1.165) is 37.6 Å². The first-order valence-electron chi connectivity index (χ1n) is 7.10. The van der Waals surface area contributed by atoms with Crippen LogP contribution < -0.4 is 15.3 Å². The molecule has 1 aliphatic rings. The van der Waals surface area contributed by atoms with Crippen molar-refractivity contribution in [3.8, 4) is 5.88 Å². The van der Waals surface area contributed by atoms with E-state index >= 15 is 0 Å². The molecule has 21 heavy (non-hydrogen) atoms. The Hall–Kier alpha value is -2.38. The second-order valence-corrected chi connectivity index (χ2v) is 4.97. The number of hydrogen-bond donors (Lipinski definition) is 2. The van der Waals surface area contributed by atoms with Crippen LogP contribution in [0, 0.1) is 0 Å². The smallest absolute Gasteiger partial charge is 0.340 e. The third-order valence-corrected chi connectivity index (χ3v) is 3.64. The molecule has 0 aromatic carbocycles. The molecule has 3 rings (SSSR count). The summed E-state index contributed by atoms with van der Waals surface area (Å²) in [7, 11) is 0. The number of aromatic nitrogens is 5. The van der Waals surface area contributed by atoms with Gasteiger partial charge in [0.1, 0.15) is 18.0 Å². The number of nitrogens with zero attached hydrogens (tertiary/aromatic N) is 4. The molecule has 0 amide bonds. The Morgan fingerprint density at radius 2 is 2.19 bits per heavy atom. The molecule has 2 aromatic heterocycles. The second-order valence-electron chi connectivity index (χ2n) is 4.97. The van der Waals surface area contributed by atoms with E-state index < -0.39 is 0 Å². The molecule has 1 saturated heterocycles. The first-order valence-corrected chi connectivity index (χ1v) is 7.10. The molecule has 112 valence electrons. The van der Waals surface area contributed by atoms with E-state index in [1.807, 2.05) is 13.0 Å². The third-order valence-electron chi connectivity index (χ3n) is 3.64. The normalized spacial score (nSPS) is 16.1. The van der Waals surface area contributed by atoms with Crippen LogP contribution in [0.2, 0.25) is 0 Å². The molecule has 0 atom stereocenters. The van der Waals surface area contributed by atoms with Gasteiger partial charge in [-0.2, -0.15) is 5.10 Å². The highest BCUT2D eigenvalue weighted by Gasteiger charge is 2.24. The number of hydrogen-bond acceptors (Lipinski definition) is 6. The molecule has 8 nitrogen and oxygen atoms in total. The van der Waals surface area contributed by atoms with Gasteiger partial charge in [0.15, 0.2) is 0 Å². The SMILES string of the molecule is CCOc1cc(N2CCC(c3n[nH]c(=O)[nH]3)CC2)ncn1. The van der Waals surface area contributed by atoms with Crippen LogP contribution in [0.1, 0.15) is 31.5 Å². The van der Waals surface area contributed by atoms with Gasteiger partial charge < -0.3 is 9.64 Å². The largest absolute Gasteiger partial charge is 0.478 e. The fraction of sp³-hybridized carbons (Fsp3) is 0.538.